The lowest BCUT2D eigenvalue weighted by Crippen LogP contribution is -2.26. The first-order valence-electron chi connectivity index (χ1n) is 12.9. The molecule has 7 heteroatoms. The maximum Gasteiger partial charge on any atom is 0.274 e. The van der Waals surface area contributed by atoms with Gasteiger partial charge in [-0.2, -0.15) is 0 Å². The van der Waals surface area contributed by atoms with Crippen molar-refractivity contribution in [1.29, 1.82) is 0 Å². The zero-order valence-corrected chi connectivity index (χ0v) is 22.0. The summed E-state index contributed by atoms with van der Waals surface area (Å²) in [6, 6.07) is 22.1. The summed E-state index contributed by atoms with van der Waals surface area (Å²) in [7, 11) is 1.60. The summed E-state index contributed by atoms with van der Waals surface area (Å²) in [5.41, 5.74) is 5.96. The van der Waals surface area contributed by atoms with Crippen molar-refractivity contribution < 1.29 is 24.3 Å². The second-order valence-electron chi connectivity index (χ2n) is 9.68. The van der Waals surface area contributed by atoms with Gasteiger partial charge in [0, 0.05) is 23.1 Å². The molecule has 1 saturated carbocycles. The van der Waals surface area contributed by atoms with Crippen molar-refractivity contribution >= 4 is 35.3 Å². The van der Waals surface area contributed by atoms with E-state index in [9.17, 15) is 14.4 Å². The van der Waals surface area contributed by atoms with Crippen LogP contribution < -0.4 is 15.5 Å². The molecule has 1 fully saturated rings. The van der Waals surface area contributed by atoms with Gasteiger partial charge in [0.1, 0.15) is 5.75 Å². The molecule has 1 aliphatic rings. The molecular weight excluding hydrogens is 492 g/mol. The number of amides is 2. The van der Waals surface area contributed by atoms with Crippen LogP contribution in [0.1, 0.15) is 52.4 Å². The Morgan fingerprint density at radius 3 is 2.31 bits per heavy atom. The van der Waals surface area contributed by atoms with Gasteiger partial charge >= 0.3 is 0 Å². The molecule has 2 amide bonds. The predicted molar refractivity (Wildman–Crippen MR) is 151 cm³/mol. The van der Waals surface area contributed by atoms with Gasteiger partial charge in [0.05, 0.1) is 7.11 Å². The predicted octanol–water partition coefficient (Wildman–Crippen LogP) is 5.09. The third kappa shape index (κ3) is 7.75. The summed E-state index contributed by atoms with van der Waals surface area (Å²) >= 11 is 0. The standard InChI is InChI=1S/C32H32N2O5/c1-21(18-23-10-13-25(14-11-23)31(36)34-38)30(35)17-12-22-6-8-24(9-7-22)19-29(32(37)33-27-15-16-27)26-4-3-5-28(20-26)39-2/h3-14,17,19-21,27,38H,15-16,18H2,1-2H3,(H,33,37)(H,34,36)/b17-12+,29-19+. The number of carbonyl (C=O) groups is 3. The van der Waals surface area contributed by atoms with Gasteiger partial charge in [-0.25, -0.2) is 5.48 Å². The number of benzene rings is 3. The zero-order valence-electron chi connectivity index (χ0n) is 22.0. The molecule has 0 aliphatic heterocycles. The van der Waals surface area contributed by atoms with Gasteiger partial charge in [0.15, 0.2) is 5.78 Å². The number of nitrogens with one attached hydrogen (secondary N) is 2. The number of ketones is 1. The molecule has 7 nitrogen and oxygen atoms in total. The smallest absolute Gasteiger partial charge is 0.274 e. The SMILES string of the molecule is COc1cccc(/C(=C\c2ccc(/C=C/C(=O)C(C)Cc3ccc(C(=O)NO)cc3)cc2)C(=O)NC2CC2)c1. The lowest BCUT2D eigenvalue weighted by atomic mass is 9.95. The molecule has 0 heterocycles. The third-order valence-corrected chi connectivity index (χ3v) is 6.57. The van der Waals surface area contributed by atoms with E-state index in [-0.39, 0.29) is 23.7 Å². The summed E-state index contributed by atoms with van der Waals surface area (Å²) in [6.07, 6.45) is 7.76. The van der Waals surface area contributed by atoms with Crippen LogP contribution in [0, 0.1) is 5.92 Å². The Balaban J connectivity index is 1.42. The number of methoxy groups -OCH3 is 1. The Morgan fingerprint density at radius 1 is 0.974 bits per heavy atom. The minimum Gasteiger partial charge on any atom is -0.497 e. The van der Waals surface area contributed by atoms with E-state index in [4.69, 9.17) is 9.94 Å². The molecule has 0 radical (unpaired) electrons. The first kappa shape index (κ1) is 27.5. The molecule has 0 aromatic heterocycles. The summed E-state index contributed by atoms with van der Waals surface area (Å²) in [5.74, 6) is -0.249. The van der Waals surface area contributed by atoms with Crippen LogP contribution in [-0.4, -0.2) is 36.0 Å². The van der Waals surface area contributed by atoms with Crippen LogP contribution in [0.15, 0.2) is 78.9 Å². The molecule has 1 atom stereocenters. The molecule has 0 spiro atoms. The van der Waals surface area contributed by atoms with Crippen LogP contribution in [0.2, 0.25) is 0 Å². The average Bonchev–Trinajstić information content (AvgIpc) is 3.79. The molecule has 3 N–H and O–H groups in total. The number of hydrogen-bond donors (Lipinski definition) is 3. The molecule has 3 aromatic rings. The molecule has 0 saturated heterocycles. The third-order valence-electron chi connectivity index (χ3n) is 6.57. The number of rotatable bonds is 11. The Morgan fingerprint density at radius 2 is 1.67 bits per heavy atom. The van der Waals surface area contributed by atoms with Crippen molar-refractivity contribution in [2.45, 2.75) is 32.2 Å². The van der Waals surface area contributed by atoms with Gasteiger partial charge in [-0.3, -0.25) is 19.6 Å². The number of hydrogen-bond acceptors (Lipinski definition) is 5. The van der Waals surface area contributed by atoms with Gasteiger partial charge in [-0.15, -0.1) is 0 Å². The van der Waals surface area contributed by atoms with Gasteiger partial charge in [0.2, 0.25) is 0 Å². The summed E-state index contributed by atoms with van der Waals surface area (Å²) in [5, 5.41) is 11.8. The van der Waals surface area contributed by atoms with E-state index >= 15 is 0 Å². The molecule has 1 aliphatic carbocycles. The second-order valence-corrected chi connectivity index (χ2v) is 9.68. The molecular formula is C32H32N2O5. The lowest BCUT2D eigenvalue weighted by Gasteiger charge is -2.11. The van der Waals surface area contributed by atoms with Crippen molar-refractivity contribution in [3.8, 4) is 5.75 Å². The Labute approximate surface area is 228 Å². The quantitative estimate of drug-likeness (QED) is 0.140. The van der Waals surface area contributed by atoms with E-state index in [1.54, 1.807) is 49.0 Å². The fraction of sp³-hybridized carbons (Fsp3) is 0.219. The number of carbonyl (C=O) groups excluding carboxylic acids is 3. The van der Waals surface area contributed by atoms with Gasteiger partial charge in [-0.1, -0.05) is 61.5 Å². The summed E-state index contributed by atoms with van der Waals surface area (Å²) in [4.78, 5) is 37.1. The van der Waals surface area contributed by atoms with Crippen molar-refractivity contribution in [2.24, 2.45) is 5.92 Å². The van der Waals surface area contributed by atoms with Gasteiger partial charge < -0.3 is 10.1 Å². The van der Waals surface area contributed by atoms with E-state index in [1.165, 1.54) is 0 Å². The Kier molecular flexibility index (Phi) is 9.07. The van der Waals surface area contributed by atoms with E-state index in [0.29, 0.717) is 23.3 Å². The molecule has 4 rings (SSSR count). The fourth-order valence-electron chi connectivity index (χ4n) is 4.08. The molecule has 200 valence electrons. The van der Waals surface area contributed by atoms with Crippen molar-refractivity contribution in [3.05, 3.63) is 107 Å². The van der Waals surface area contributed by atoms with E-state index in [0.717, 1.165) is 35.1 Å². The van der Waals surface area contributed by atoms with E-state index < -0.39 is 5.91 Å². The van der Waals surface area contributed by atoms with Gasteiger partial charge in [-0.05, 0) is 77.9 Å². The van der Waals surface area contributed by atoms with E-state index in [2.05, 4.69) is 5.32 Å². The normalized spacial score (nSPS) is 14.1. The number of allylic oxidation sites excluding steroid dienone is 1. The first-order valence-corrected chi connectivity index (χ1v) is 12.9. The maximum absolute atomic E-state index is 13.0. The van der Waals surface area contributed by atoms with Crippen molar-refractivity contribution in [1.82, 2.24) is 10.8 Å². The highest BCUT2D eigenvalue weighted by molar-refractivity contribution is 6.24. The van der Waals surface area contributed by atoms with Crippen LogP contribution in [-0.2, 0) is 16.0 Å². The van der Waals surface area contributed by atoms with Crippen LogP contribution in [0.5, 0.6) is 5.75 Å². The minimum atomic E-state index is -0.576. The average molecular weight is 525 g/mol. The number of ether oxygens (including phenoxy) is 1. The van der Waals surface area contributed by atoms with Crippen molar-refractivity contribution in [2.75, 3.05) is 7.11 Å². The summed E-state index contributed by atoms with van der Waals surface area (Å²) in [6.45, 7) is 1.86. The van der Waals surface area contributed by atoms with Crippen molar-refractivity contribution in [3.63, 3.8) is 0 Å². The Bertz CT molecular complexity index is 1390. The van der Waals surface area contributed by atoms with Crippen LogP contribution in [0.4, 0.5) is 0 Å². The second kappa shape index (κ2) is 12.8. The lowest BCUT2D eigenvalue weighted by molar-refractivity contribution is -0.117. The number of hydroxylamine groups is 1. The summed E-state index contributed by atoms with van der Waals surface area (Å²) < 4.78 is 5.34. The topological polar surface area (TPSA) is 105 Å². The largest absolute Gasteiger partial charge is 0.497 e. The molecule has 0 bridgehead atoms. The van der Waals surface area contributed by atoms with Gasteiger partial charge in [0.25, 0.3) is 11.8 Å². The zero-order chi connectivity index (χ0) is 27.8. The first-order chi connectivity index (χ1) is 18.9. The van der Waals surface area contributed by atoms with Crippen LogP contribution in [0.3, 0.4) is 0 Å². The fourth-order valence-corrected chi connectivity index (χ4v) is 4.08. The molecule has 3 aromatic carbocycles. The minimum absolute atomic E-state index is 0.00629. The molecule has 1 unspecified atom stereocenters. The van der Waals surface area contributed by atoms with Crippen LogP contribution in [0.25, 0.3) is 17.7 Å². The highest BCUT2D eigenvalue weighted by atomic mass is 16.5. The monoisotopic (exact) mass is 524 g/mol. The molecule has 39 heavy (non-hydrogen) atoms. The van der Waals surface area contributed by atoms with Crippen LogP contribution >= 0.6 is 0 Å². The Hall–Kier alpha value is -4.49. The van der Waals surface area contributed by atoms with E-state index in [1.807, 2.05) is 61.5 Å². The highest BCUT2D eigenvalue weighted by Crippen LogP contribution is 2.26. The maximum atomic E-state index is 13.0. The highest BCUT2D eigenvalue weighted by Gasteiger charge is 2.25.